The van der Waals surface area contributed by atoms with Gasteiger partial charge in [-0.15, -0.1) is 0 Å². The number of halogens is 1. The van der Waals surface area contributed by atoms with Crippen molar-refractivity contribution in [3.05, 3.63) is 58.1 Å². The zero-order chi connectivity index (χ0) is 19.0. The maximum absolute atomic E-state index is 12.8. The summed E-state index contributed by atoms with van der Waals surface area (Å²) in [4.78, 5) is 14.8. The number of nitrogens with zero attached hydrogens (tertiary/aromatic N) is 1. The van der Waals surface area contributed by atoms with Crippen LogP contribution in [0.3, 0.4) is 0 Å². The van der Waals surface area contributed by atoms with Crippen LogP contribution in [0.1, 0.15) is 41.6 Å². The monoisotopic (exact) mass is 448 g/mol. The number of rotatable bonds is 4. The fourth-order valence-electron chi connectivity index (χ4n) is 3.84. The number of hydrogen-bond donors (Lipinski definition) is 1. The molecule has 1 amide bonds. The Hall–Kier alpha value is -1.70. The number of carbonyl (C=O) groups excluding carboxylic acids is 1. The van der Waals surface area contributed by atoms with Crippen LogP contribution in [0, 0.1) is 0 Å². The molecule has 1 saturated carbocycles. The van der Waals surface area contributed by atoms with Crippen molar-refractivity contribution in [3.63, 3.8) is 0 Å². The van der Waals surface area contributed by atoms with Gasteiger partial charge < -0.3 is 4.90 Å². The lowest BCUT2D eigenvalue weighted by Crippen LogP contribution is -2.32. The molecule has 5 nitrogen and oxygen atoms in total. The first kappa shape index (κ1) is 18.7. The van der Waals surface area contributed by atoms with Crippen molar-refractivity contribution < 1.29 is 13.2 Å². The predicted octanol–water partition coefficient (Wildman–Crippen LogP) is 3.87. The van der Waals surface area contributed by atoms with Gasteiger partial charge in [0.05, 0.1) is 4.90 Å². The highest BCUT2D eigenvalue weighted by atomic mass is 79.9. The summed E-state index contributed by atoms with van der Waals surface area (Å²) in [6.07, 6.45) is 4.61. The Bertz CT molecular complexity index is 967. The molecule has 7 heteroatoms. The van der Waals surface area contributed by atoms with Crippen molar-refractivity contribution in [1.82, 2.24) is 4.72 Å². The summed E-state index contributed by atoms with van der Waals surface area (Å²) in [5, 5.41) is 0. The normalized spacial score (nSPS) is 17.3. The standard InChI is InChI=1S/C20H21BrN2O3S/c21-16-7-5-14(6-8-16)20(24)23-12-11-15-13-18(9-10-19(15)23)27(25,26)22-17-3-1-2-4-17/h5-10,13,17,22H,1-4,11-12H2. The van der Waals surface area contributed by atoms with Gasteiger partial charge in [-0.05, 0) is 67.3 Å². The molecule has 1 N–H and O–H groups in total. The van der Waals surface area contributed by atoms with E-state index in [1.54, 1.807) is 35.2 Å². The Kier molecular flexibility index (Phi) is 5.09. The molecule has 27 heavy (non-hydrogen) atoms. The second-order valence-electron chi connectivity index (χ2n) is 7.11. The molecule has 0 atom stereocenters. The van der Waals surface area contributed by atoms with Crippen LogP contribution in [0.4, 0.5) is 5.69 Å². The fourth-order valence-corrected chi connectivity index (χ4v) is 5.46. The second kappa shape index (κ2) is 7.37. The summed E-state index contributed by atoms with van der Waals surface area (Å²) < 4.78 is 29.1. The molecule has 0 aromatic heterocycles. The molecule has 0 saturated heterocycles. The third-order valence-electron chi connectivity index (χ3n) is 5.27. The first-order chi connectivity index (χ1) is 12.9. The average Bonchev–Trinajstić information content (AvgIpc) is 3.30. The topological polar surface area (TPSA) is 66.5 Å². The molecule has 1 fully saturated rings. The summed E-state index contributed by atoms with van der Waals surface area (Å²) >= 11 is 3.37. The molecule has 2 aromatic carbocycles. The Balaban J connectivity index is 1.56. The van der Waals surface area contributed by atoms with Crippen LogP contribution >= 0.6 is 15.9 Å². The maximum atomic E-state index is 12.8. The quantitative estimate of drug-likeness (QED) is 0.771. The Morgan fingerprint density at radius 1 is 1.07 bits per heavy atom. The van der Waals surface area contributed by atoms with Crippen LogP contribution in [0.2, 0.25) is 0 Å². The molecule has 1 heterocycles. The van der Waals surface area contributed by atoms with Crippen LogP contribution < -0.4 is 9.62 Å². The van der Waals surface area contributed by atoms with Crippen LogP contribution in [-0.2, 0) is 16.4 Å². The van der Waals surface area contributed by atoms with E-state index in [9.17, 15) is 13.2 Å². The number of sulfonamides is 1. The van der Waals surface area contributed by atoms with Gasteiger partial charge >= 0.3 is 0 Å². The van der Waals surface area contributed by atoms with E-state index in [2.05, 4.69) is 20.7 Å². The number of carbonyl (C=O) groups is 1. The van der Waals surface area contributed by atoms with E-state index in [1.807, 2.05) is 12.1 Å². The molecule has 1 aliphatic carbocycles. The van der Waals surface area contributed by atoms with Gasteiger partial charge in [0.25, 0.3) is 5.91 Å². The number of anilines is 1. The summed E-state index contributed by atoms with van der Waals surface area (Å²) in [6, 6.07) is 12.4. The minimum atomic E-state index is -3.52. The van der Waals surface area contributed by atoms with Crippen LogP contribution in [0.15, 0.2) is 51.8 Å². The molecule has 142 valence electrons. The number of fused-ring (bicyclic) bond motifs is 1. The lowest BCUT2D eigenvalue weighted by molar-refractivity contribution is 0.0989. The van der Waals surface area contributed by atoms with Crippen molar-refractivity contribution in [3.8, 4) is 0 Å². The highest BCUT2D eigenvalue weighted by Crippen LogP contribution is 2.32. The summed E-state index contributed by atoms with van der Waals surface area (Å²) in [5.74, 6) is -0.0686. The number of nitrogens with one attached hydrogen (secondary N) is 1. The highest BCUT2D eigenvalue weighted by Gasteiger charge is 2.28. The Morgan fingerprint density at radius 3 is 2.48 bits per heavy atom. The summed E-state index contributed by atoms with van der Waals surface area (Å²) in [7, 11) is -3.52. The SMILES string of the molecule is O=C(c1ccc(Br)cc1)N1CCc2cc(S(=O)(=O)NC3CCCC3)ccc21. The molecule has 0 bridgehead atoms. The van der Waals surface area contributed by atoms with Gasteiger partial charge in [0.15, 0.2) is 0 Å². The van der Waals surface area contributed by atoms with Crippen molar-refractivity contribution in [1.29, 1.82) is 0 Å². The van der Waals surface area contributed by atoms with E-state index in [0.29, 0.717) is 18.5 Å². The largest absolute Gasteiger partial charge is 0.308 e. The first-order valence-corrected chi connectivity index (χ1v) is 11.4. The van der Waals surface area contributed by atoms with Crippen molar-refractivity contribution >= 4 is 37.5 Å². The molecule has 1 aliphatic heterocycles. The summed E-state index contributed by atoms with van der Waals surface area (Å²) in [5.41, 5.74) is 2.31. The van der Waals surface area contributed by atoms with E-state index < -0.39 is 10.0 Å². The van der Waals surface area contributed by atoms with Crippen molar-refractivity contribution in [2.24, 2.45) is 0 Å². The molecule has 4 rings (SSSR count). The van der Waals surface area contributed by atoms with Crippen LogP contribution in [0.25, 0.3) is 0 Å². The minimum absolute atomic E-state index is 0.0405. The van der Waals surface area contributed by atoms with Gasteiger partial charge in [-0.2, -0.15) is 0 Å². The number of amides is 1. The lowest BCUT2D eigenvalue weighted by Gasteiger charge is -2.18. The van der Waals surface area contributed by atoms with E-state index in [1.165, 1.54) is 0 Å². The average molecular weight is 449 g/mol. The van der Waals surface area contributed by atoms with Crippen molar-refractivity contribution in [2.45, 2.75) is 43.0 Å². The number of benzene rings is 2. The van der Waals surface area contributed by atoms with Gasteiger partial charge in [0.2, 0.25) is 10.0 Å². The van der Waals surface area contributed by atoms with Gasteiger partial charge in [0, 0.05) is 28.3 Å². The maximum Gasteiger partial charge on any atom is 0.258 e. The van der Waals surface area contributed by atoms with E-state index >= 15 is 0 Å². The summed E-state index contributed by atoms with van der Waals surface area (Å²) in [6.45, 7) is 0.559. The highest BCUT2D eigenvalue weighted by molar-refractivity contribution is 9.10. The van der Waals surface area contributed by atoms with E-state index in [0.717, 1.165) is 41.4 Å². The van der Waals surface area contributed by atoms with Crippen LogP contribution in [0.5, 0.6) is 0 Å². The lowest BCUT2D eigenvalue weighted by atomic mass is 10.1. The Labute approximate surface area is 167 Å². The predicted molar refractivity (Wildman–Crippen MR) is 109 cm³/mol. The fraction of sp³-hybridized carbons (Fsp3) is 0.350. The van der Waals surface area contributed by atoms with Crippen LogP contribution in [-0.4, -0.2) is 26.9 Å². The smallest absolute Gasteiger partial charge is 0.258 e. The zero-order valence-electron chi connectivity index (χ0n) is 14.8. The molecular weight excluding hydrogens is 428 g/mol. The van der Waals surface area contributed by atoms with E-state index in [-0.39, 0.29) is 16.8 Å². The molecular formula is C20H21BrN2O3S. The van der Waals surface area contributed by atoms with Gasteiger partial charge in [0.1, 0.15) is 0 Å². The Morgan fingerprint density at radius 2 is 1.78 bits per heavy atom. The third-order valence-corrected chi connectivity index (χ3v) is 7.32. The van der Waals surface area contributed by atoms with Gasteiger partial charge in [-0.25, -0.2) is 13.1 Å². The first-order valence-electron chi connectivity index (χ1n) is 9.17. The third kappa shape index (κ3) is 3.81. The number of hydrogen-bond acceptors (Lipinski definition) is 3. The molecule has 0 spiro atoms. The zero-order valence-corrected chi connectivity index (χ0v) is 17.2. The minimum Gasteiger partial charge on any atom is -0.308 e. The van der Waals surface area contributed by atoms with Crippen molar-refractivity contribution in [2.75, 3.05) is 11.4 Å². The van der Waals surface area contributed by atoms with E-state index in [4.69, 9.17) is 0 Å². The molecule has 0 unspecified atom stereocenters. The van der Waals surface area contributed by atoms with Gasteiger partial charge in [-0.1, -0.05) is 28.8 Å². The second-order valence-corrected chi connectivity index (χ2v) is 9.74. The molecule has 2 aromatic rings. The molecule has 2 aliphatic rings. The molecule has 0 radical (unpaired) electrons. The van der Waals surface area contributed by atoms with Gasteiger partial charge in [-0.3, -0.25) is 4.79 Å².